The summed E-state index contributed by atoms with van der Waals surface area (Å²) in [6.07, 6.45) is 5.24. The van der Waals surface area contributed by atoms with Crippen LogP contribution in [0.3, 0.4) is 0 Å². The molecule has 0 radical (unpaired) electrons. The van der Waals surface area contributed by atoms with Crippen LogP contribution in [0.4, 0.5) is 0 Å². The Labute approximate surface area is 111 Å². The standard InChI is InChI=1S/C14H16N4O/c15-11-2-1-7-18(9-11)14(19)10-3-4-12-13(8-10)17-6-5-16-12/h3-6,8,11H,1-2,7,9,15H2. The monoisotopic (exact) mass is 256 g/mol. The van der Waals surface area contributed by atoms with Gasteiger partial charge in [0.2, 0.25) is 0 Å². The van der Waals surface area contributed by atoms with Crippen molar-refractivity contribution in [1.29, 1.82) is 0 Å². The second-order valence-corrected chi connectivity index (χ2v) is 4.91. The van der Waals surface area contributed by atoms with Gasteiger partial charge in [0, 0.05) is 37.1 Å². The lowest BCUT2D eigenvalue weighted by atomic mass is 10.1. The molecular formula is C14H16N4O. The number of amides is 1. The Kier molecular flexibility index (Phi) is 3.13. The highest BCUT2D eigenvalue weighted by atomic mass is 16.2. The molecule has 2 N–H and O–H groups in total. The number of piperidine rings is 1. The molecule has 2 heterocycles. The van der Waals surface area contributed by atoms with Crippen molar-refractivity contribution in [3.63, 3.8) is 0 Å². The predicted octanol–water partition coefficient (Wildman–Crippen LogP) is 1.19. The van der Waals surface area contributed by atoms with E-state index in [0.29, 0.717) is 12.1 Å². The molecule has 1 saturated heterocycles. The van der Waals surface area contributed by atoms with Gasteiger partial charge in [-0.05, 0) is 31.0 Å². The number of carbonyl (C=O) groups excluding carboxylic acids is 1. The molecule has 5 heteroatoms. The molecule has 1 amide bonds. The highest BCUT2D eigenvalue weighted by molar-refractivity contribution is 5.97. The SMILES string of the molecule is NC1CCCN(C(=O)c2ccc3nccnc3c2)C1. The number of fused-ring (bicyclic) bond motifs is 1. The van der Waals surface area contributed by atoms with Crippen LogP contribution < -0.4 is 5.73 Å². The molecule has 3 rings (SSSR count). The average Bonchev–Trinajstić information content (AvgIpc) is 2.46. The van der Waals surface area contributed by atoms with Crippen molar-refractivity contribution in [1.82, 2.24) is 14.9 Å². The minimum absolute atomic E-state index is 0.0303. The molecule has 1 aliphatic rings. The molecule has 0 saturated carbocycles. The van der Waals surface area contributed by atoms with E-state index in [-0.39, 0.29) is 11.9 Å². The molecule has 5 nitrogen and oxygen atoms in total. The molecule has 1 unspecified atom stereocenters. The normalized spacial score (nSPS) is 19.6. The fraction of sp³-hybridized carbons (Fsp3) is 0.357. The number of hydrogen-bond donors (Lipinski definition) is 1. The van der Waals surface area contributed by atoms with Crippen molar-refractivity contribution in [3.8, 4) is 0 Å². The Morgan fingerprint density at radius 3 is 2.84 bits per heavy atom. The average molecular weight is 256 g/mol. The van der Waals surface area contributed by atoms with E-state index < -0.39 is 0 Å². The third-order valence-corrected chi connectivity index (χ3v) is 3.46. The number of nitrogens with zero attached hydrogens (tertiary/aromatic N) is 3. The molecule has 98 valence electrons. The van der Waals surface area contributed by atoms with Gasteiger partial charge < -0.3 is 10.6 Å². The molecule has 1 aromatic heterocycles. The van der Waals surface area contributed by atoms with Crippen molar-refractivity contribution in [2.45, 2.75) is 18.9 Å². The summed E-state index contributed by atoms with van der Waals surface area (Å²) in [4.78, 5) is 22.7. The van der Waals surface area contributed by atoms with E-state index in [4.69, 9.17) is 5.73 Å². The number of hydrogen-bond acceptors (Lipinski definition) is 4. The van der Waals surface area contributed by atoms with Crippen LogP contribution in [-0.4, -0.2) is 39.9 Å². The van der Waals surface area contributed by atoms with Gasteiger partial charge in [0.25, 0.3) is 5.91 Å². The summed E-state index contributed by atoms with van der Waals surface area (Å²) in [5, 5.41) is 0. The zero-order chi connectivity index (χ0) is 13.2. The first kappa shape index (κ1) is 12.0. The molecule has 1 aromatic carbocycles. The molecule has 0 aliphatic carbocycles. The van der Waals surface area contributed by atoms with Crippen LogP contribution in [-0.2, 0) is 0 Å². The maximum absolute atomic E-state index is 12.4. The summed E-state index contributed by atoms with van der Waals surface area (Å²) in [7, 11) is 0. The van der Waals surface area contributed by atoms with Crippen molar-refractivity contribution >= 4 is 16.9 Å². The second-order valence-electron chi connectivity index (χ2n) is 4.91. The lowest BCUT2D eigenvalue weighted by molar-refractivity contribution is 0.0709. The third kappa shape index (κ3) is 2.42. The minimum Gasteiger partial charge on any atom is -0.337 e. The summed E-state index contributed by atoms with van der Waals surface area (Å²) in [5.74, 6) is 0.0303. The van der Waals surface area contributed by atoms with Crippen LogP contribution in [0.15, 0.2) is 30.6 Å². The van der Waals surface area contributed by atoms with Crippen LogP contribution in [0.5, 0.6) is 0 Å². The summed E-state index contributed by atoms with van der Waals surface area (Å²) in [6, 6.07) is 5.53. The Balaban J connectivity index is 1.88. The highest BCUT2D eigenvalue weighted by Gasteiger charge is 2.22. The van der Waals surface area contributed by atoms with Crippen molar-refractivity contribution in [2.24, 2.45) is 5.73 Å². The molecule has 0 spiro atoms. The minimum atomic E-state index is 0.0303. The lowest BCUT2D eigenvalue weighted by Crippen LogP contribution is -2.45. The number of benzene rings is 1. The number of carbonyl (C=O) groups is 1. The summed E-state index contributed by atoms with van der Waals surface area (Å²) < 4.78 is 0. The van der Waals surface area contributed by atoms with E-state index in [9.17, 15) is 4.79 Å². The Morgan fingerprint density at radius 2 is 2.05 bits per heavy atom. The van der Waals surface area contributed by atoms with Gasteiger partial charge in [-0.1, -0.05) is 0 Å². The van der Waals surface area contributed by atoms with Gasteiger partial charge in [-0.3, -0.25) is 14.8 Å². The Bertz CT molecular complexity index is 613. The topological polar surface area (TPSA) is 72.1 Å². The van der Waals surface area contributed by atoms with Crippen LogP contribution in [0.2, 0.25) is 0 Å². The van der Waals surface area contributed by atoms with Crippen LogP contribution in [0.1, 0.15) is 23.2 Å². The highest BCUT2D eigenvalue weighted by Crippen LogP contribution is 2.16. The number of nitrogens with two attached hydrogens (primary N) is 1. The molecule has 1 atom stereocenters. The van der Waals surface area contributed by atoms with E-state index in [1.165, 1.54) is 0 Å². The van der Waals surface area contributed by atoms with Gasteiger partial charge in [-0.15, -0.1) is 0 Å². The number of rotatable bonds is 1. The quantitative estimate of drug-likeness (QED) is 0.832. The Hall–Kier alpha value is -2.01. The zero-order valence-corrected chi connectivity index (χ0v) is 10.6. The van der Waals surface area contributed by atoms with Gasteiger partial charge in [0.1, 0.15) is 0 Å². The predicted molar refractivity (Wildman–Crippen MR) is 72.7 cm³/mol. The smallest absolute Gasteiger partial charge is 0.253 e. The molecule has 1 fully saturated rings. The van der Waals surface area contributed by atoms with Crippen LogP contribution in [0, 0.1) is 0 Å². The first-order valence-corrected chi connectivity index (χ1v) is 6.49. The molecule has 0 bridgehead atoms. The van der Waals surface area contributed by atoms with Crippen molar-refractivity contribution in [2.75, 3.05) is 13.1 Å². The first-order chi connectivity index (χ1) is 9.24. The van der Waals surface area contributed by atoms with E-state index in [2.05, 4.69) is 9.97 Å². The van der Waals surface area contributed by atoms with Gasteiger partial charge >= 0.3 is 0 Å². The van der Waals surface area contributed by atoms with Gasteiger partial charge in [-0.25, -0.2) is 0 Å². The van der Waals surface area contributed by atoms with Gasteiger partial charge in [-0.2, -0.15) is 0 Å². The molecule has 19 heavy (non-hydrogen) atoms. The van der Waals surface area contributed by atoms with Crippen LogP contribution >= 0.6 is 0 Å². The zero-order valence-electron chi connectivity index (χ0n) is 10.6. The fourth-order valence-electron chi connectivity index (χ4n) is 2.47. The lowest BCUT2D eigenvalue weighted by Gasteiger charge is -2.30. The summed E-state index contributed by atoms with van der Waals surface area (Å²) in [6.45, 7) is 1.42. The third-order valence-electron chi connectivity index (χ3n) is 3.46. The van der Waals surface area contributed by atoms with E-state index in [1.54, 1.807) is 24.5 Å². The van der Waals surface area contributed by atoms with E-state index in [1.807, 2.05) is 11.0 Å². The van der Waals surface area contributed by atoms with E-state index >= 15 is 0 Å². The van der Waals surface area contributed by atoms with Crippen molar-refractivity contribution in [3.05, 3.63) is 36.2 Å². The fourth-order valence-corrected chi connectivity index (χ4v) is 2.47. The first-order valence-electron chi connectivity index (χ1n) is 6.49. The summed E-state index contributed by atoms with van der Waals surface area (Å²) in [5.41, 5.74) is 8.12. The summed E-state index contributed by atoms with van der Waals surface area (Å²) >= 11 is 0. The maximum Gasteiger partial charge on any atom is 0.253 e. The van der Waals surface area contributed by atoms with Gasteiger partial charge in [0.05, 0.1) is 11.0 Å². The molecule has 2 aromatic rings. The number of likely N-dealkylation sites (tertiary alicyclic amines) is 1. The number of aromatic nitrogens is 2. The van der Waals surface area contributed by atoms with Crippen molar-refractivity contribution < 1.29 is 4.79 Å². The molecular weight excluding hydrogens is 240 g/mol. The second kappa shape index (κ2) is 4.93. The molecule has 1 aliphatic heterocycles. The Morgan fingerprint density at radius 1 is 1.26 bits per heavy atom. The van der Waals surface area contributed by atoms with Gasteiger partial charge in [0.15, 0.2) is 0 Å². The van der Waals surface area contributed by atoms with Crippen LogP contribution in [0.25, 0.3) is 11.0 Å². The van der Waals surface area contributed by atoms with E-state index in [0.717, 1.165) is 30.4 Å². The maximum atomic E-state index is 12.4. The largest absolute Gasteiger partial charge is 0.337 e.